The average molecular weight is 562 g/mol. The van der Waals surface area contributed by atoms with E-state index in [9.17, 15) is 0 Å². The number of fused-ring (bicyclic) bond motifs is 6. The van der Waals surface area contributed by atoms with E-state index in [1.165, 1.54) is 55.2 Å². The molecule has 9 rings (SSSR count). The van der Waals surface area contributed by atoms with E-state index >= 15 is 0 Å². The molecular weight excluding hydrogens is 534 g/mol. The van der Waals surface area contributed by atoms with Gasteiger partial charge in [0, 0.05) is 16.2 Å². The minimum Gasteiger partial charge on any atom is -0.456 e. The maximum Gasteiger partial charge on any atom is 0.137 e. The first-order valence-electron chi connectivity index (χ1n) is 15.0. The largest absolute Gasteiger partial charge is 0.456 e. The predicted octanol–water partition coefficient (Wildman–Crippen LogP) is 11.7. The molecule has 7 aromatic carbocycles. The van der Waals surface area contributed by atoms with Gasteiger partial charge in [0.2, 0.25) is 0 Å². The molecule has 0 aliphatic heterocycles. The first-order valence-corrected chi connectivity index (χ1v) is 15.0. The quantitative estimate of drug-likeness (QED) is 0.209. The van der Waals surface area contributed by atoms with Crippen LogP contribution in [0.5, 0.6) is 0 Å². The lowest BCUT2D eigenvalue weighted by molar-refractivity contribution is 0.669. The maximum absolute atomic E-state index is 6.27. The summed E-state index contributed by atoms with van der Waals surface area (Å²) in [5, 5.41) is 4.73. The van der Waals surface area contributed by atoms with Gasteiger partial charge in [-0.2, -0.15) is 0 Å². The average Bonchev–Trinajstić information content (AvgIpc) is 3.64. The first kappa shape index (κ1) is 24.7. The predicted molar refractivity (Wildman–Crippen MR) is 184 cm³/mol. The summed E-state index contributed by atoms with van der Waals surface area (Å²) < 4.78 is 8.67. The Morgan fingerprint density at radius 3 is 1.64 bits per heavy atom. The molecule has 2 heteroatoms. The molecule has 0 aliphatic carbocycles. The minimum atomic E-state index is 0.900. The van der Waals surface area contributed by atoms with E-state index in [-0.39, 0.29) is 0 Å². The third kappa shape index (κ3) is 3.89. The van der Waals surface area contributed by atoms with E-state index in [1.54, 1.807) is 0 Å². The van der Waals surface area contributed by atoms with Gasteiger partial charge in [-0.3, -0.25) is 0 Å². The van der Waals surface area contributed by atoms with Crippen LogP contribution in [0.4, 0.5) is 0 Å². The van der Waals surface area contributed by atoms with Crippen molar-refractivity contribution in [1.29, 1.82) is 0 Å². The highest BCUT2D eigenvalue weighted by atomic mass is 16.3. The molecule has 0 spiro atoms. The van der Waals surface area contributed by atoms with Gasteiger partial charge in [-0.25, -0.2) is 0 Å². The second kappa shape index (κ2) is 9.86. The second-order valence-electron chi connectivity index (χ2n) is 11.4. The van der Waals surface area contributed by atoms with E-state index in [0.717, 1.165) is 27.6 Å². The van der Waals surface area contributed by atoms with Crippen molar-refractivity contribution < 1.29 is 4.42 Å². The van der Waals surface area contributed by atoms with Crippen LogP contribution in [0, 0.1) is 0 Å². The maximum atomic E-state index is 6.27. The molecule has 0 radical (unpaired) electrons. The number of rotatable bonds is 4. The zero-order valence-corrected chi connectivity index (χ0v) is 23.9. The molecule has 0 bridgehead atoms. The van der Waals surface area contributed by atoms with E-state index in [1.807, 2.05) is 12.1 Å². The van der Waals surface area contributed by atoms with E-state index < -0.39 is 0 Å². The lowest BCUT2D eigenvalue weighted by Crippen LogP contribution is -1.94. The number of hydrogen-bond acceptors (Lipinski definition) is 1. The summed E-state index contributed by atoms with van der Waals surface area (Å²) in [6, 6.07) is 58.6. The fraction of sp³-hybridized carbons (Fsp3) is 0. The molecule has 0 unspecified atom stereocenters. The Morgan fingerprint density at radius 2 is 0.909 bits per heavy atom. The van der Waals surface area contributed by atoms with Crippen LogP contribution in [0.15, 0.2) is 168 Å². The van der Waals surface area contributed by atoms with Crippen molar-refractivity contribution in [3.63, 3.8) is 0 Å². The van der Waals surface area contributed by atoms with Gasteiger partial charge < -0.3 is 8.98 Å². The van der Waals surface area contributed by atoms with Gasteiger partial charge in [-0.05, 0) is 88.0 Å². The molecule has 2 nitrogen and oxygen atoms in total. The van der Waals surface area contributed by atoms with Crippen LogP contribution < -0.4 is 0 Å². The Kier molecular flexibility index (Phi) is 5.54. The summed E-state index contributed by atoms with van der Waals surface area (Å²) in [4.78, 5) is 0. The fourth-order valence-corrected chi connectivity index (χ4v) is 6.74. The molecule has 0 amide bonds. The molecule has 2 aromatic heterocycles. The Labute approximate surface area is 255 Å². The van der Waals surface area contributed by atoms with Gasteiger partial charge in [0.25, 0.3) is 0 Å². The molecule has 206 valence electrons. The van der Waals surface area contributed by atoms with Crippen molar-refractivity contribution in [2.75, 3.05) is 0 Å². The molecule has 2 heterocycles. The van der Waals surface area contributed by atoms with Gasteiger partial charge in [0.1, 0.15) is 11.2 Å². The molecule has 0 atom stereocenters. The van der Waals surface area contributed by atoms with Crippen LogP contribution in [0.25, 0.3) is 82.8 Å². The second-order valence-corrected chi connectivity index (χ2v) is 11.4. The summed E-state index contributed by atoms with van der Waals surface area (Å²) in [5.41, 5.74) is 12.5. The molecule has 0 saturated heterocycles. The standard InChI is InChI=1S/C42H27NO/c1-3-12-28(13-4-1)31-24-32(29-14-5-2-6-15-29)26-33(25-31)30-22-23-38-36(27-30)34-16-7-9-18-37(34)43(38)39-19-11-21-41-42(39)35-17-8-10-20-40(35)44-41/h1-27H. The van der Waals surface area contributed by atoms with Gasteiger partial charge in [0.15, 0.2) is 0 Å². The van der Waals surface area contributed by atoms with Crippen LogP contribution >= 0.6 is 0 Å². The van der Waals surface area contributed by atoms with Crippen LogP contribution in [0.1, 0.15) is 0 Å². The van der Waals surface area contributed by atoms with Crippen LogP contribution in [-0.4, -0.2) is 4.57 Å². The molecule has 0 N–H and O–H groups in total. The monoisotopic (exact) mass is 561 g/mol. The number of aromatic nitrogens is 1. The summed E-state index contributed by atoms with van der Waals surface area (Å²) in [6.45, 7) is 0. The van der Waals surface area contributed by atoms with Crippen LogP contribution in [0.3, 0.4) is 0 Å². The van der Waals surface area contributed by atoms with Crippen molar-refractivity contribution in [1.82, 2.24) is 4.57 Å². The lowest BCUT2D eigenvalue weighted by Gasteiger charge is -2.12. The molecule has 9 aromatic rings. The van der Waals surface area contributed by atoms with Crippen molar-refractivity contribution in [3.8, 4) is 39.1 Å². The van der Waals surface area contributed by atoms with Crippen molar-refractivity contribution in [3.05, 3.63) is 164 Å². The minimum absolute atomic E-state index is 0.900. The highest BCUT2D eigenvalue weighted by Crippen LogP contribution is 2.40. The number of furan rings is 1. The van der Waals surface area contributed by atoms with Gasteiger partial charge in [0.05, 0.1) is 22.1 Å². The van der Waals surface area contributed by atoms with Crippen molar-refractivity contribution in [2.24, 2.45) is 0 Å². The molecule has 0 saturated carbocycles. The van der Waals surface area contributed by atoms with E-state index in [2.05, 4.69) is 156 Å². The number of benzene rings is 7. The normalized spacial score (nSPS) is 11.6. The topological polar surface area (TPSA) is 18.1 Å². The Morgan fingerprint density at radius 1 is 0.341 bits per heavy atom. The number of para-hydroxylation sites is 2. The molecule has 0 aliphatic rings. The smallest absolute Gasteiger partial charge is 0.137 e. The Balaban J connectivity index is 1.29. The summed E-state index contributed by atoms with van der Waals surface area (Å²) >= 11 is 0. The fourth-order valence-electron chi connectivity index (χ4n) is 6.74. The highest BCUT2D eigenvalue weighted by Gasteiger charge is 2.18. The Bertz CT molecular complexity index is 2420. The summed E-state index contributed by atoms with van der Waals surface area (Å²) in [6.07, 6.45) is 0. The summed E-state index contributed by atoms with van der Waals surface area (Å²) in [5.74, 6) is 0. The zero-order chi connectivity index (χ0) is 29.0. The Hall–Kier alpha value is -5.86. The highest BCUT2D eigenvalue weighted by molar-refractivity contribution is 6.15. The van der Waals surface area contributed by atoms with Crippen molar-refractivity contribution >= 4 is 43.7 Å². The van der Waals surface area contributed by atoms with Crippen LogP contribution in [-0.2, 0) is 0 Å². The first-order chi connectivity index (χ1) is 21.8. The molecule has 44 heavy (non-hydrogen) atoms. The zero-order valence-electron chi connectivity index (χ0n) is 23.9. The molecule has 0 fully saturated rings. The number of nitrogens with zero attached hydrogens (tertiary/aromatic N) is 1. The SMILES string of the molecule is c1ccc(-c2cc(-c3ccccc3)cc(-c3ccc4c(c3)c3ccccc3n4-c3cccc4oc5ccccc5c34)c2)cc1. The molecular formula is C42H27NO. The number of hydrogen-bond donors (Lipinski definition) is 0. The van der Waals surface area contributed by atoms with Gasteiger partial charge in [-0.1, -0.05) is 109 Å². The van der Waals surface area contributed by atoms with Gasteiger partial charge in [-0.15, -0.1) is 0 Å². The van der Waals surface area contributed by atoms with E-state index in [0.29, 0.717) is 0 Å². The third-order valence-corrected chi connectivity index (χ3v) is 8.77. The lowest BCUT2D eigenvalue weighted by atomic mass is 9.93. The van der Waals surface area contributed by atoms with Crippen LogP contribution in [0.2, 0.25) is 0 Å². The van der Waals surface area contributed by atoms with E-state index in [4.69, 9.17) is 4.42 Å². The third-order valence-electron chi connectivity index (χ3n) is 8.77. The van der Waals surface area contributed by atoms with Gasteiger partial charge >= 0.3 is 0 Å². The summed E-state index contributed by atoms with van der Waals surface area (Å²) in [7, 11) is 0. The van der Waals surface area contributed by atoms with Crippen molar-refractivity contribution in [2.45, 2.75) is 0 Å².